The van der Waals surface area contributed by atoms with Crippen molar-refractivity contribution in [1.29, 1.82) is 0 Å². The fourth-order valence-corrected chi connectivity index (χ4v) is 2.85. The van der Waals surface area contributed by atoms with Crippen LogP contribution in [0.2, 0.25) is 0 Å². The molecule has 1 aromatic heterocycles. The Morgan fingerprint density at radius 1 is 1.04 bits per heavy atom. The number of carbonyl (C=O) groups excluding carboxylic acids is 2. The highest BCUT2D eigenvalue weighted by molar-refractivity contribution is 6.03. The Kier molecular flexibility index (Phi) is 5.46. The van der Waals surface area contributed by atoms with Gasteiger partial charge in [-0.05, 0) is 24.1 Å². The van der Waals surface area contributed by atoms with Crippen LogP contribution in [0.1, 0.15) is 29.8 Å². The molecule has 1 saturated heterocycles. The molecule has 7 heteroatoms. The molecule has 0 spiro atoms. The molecule has 2 heterocycles. The number of nitrogens with one attached hydrogen (secondary N) is 1. The van der Waals surface area contributed by atoms with Crippen LogP contribution in [-0.4, -0.2) is 52.9 Å². The maximum atomic E-state index is 12.3. The monoisotopic (exact) mass is 353 g/mol. The fourth-order valence-electron chi connectivity index (χ4n) is 2.85. The van der Waals surface area contributed by atoms with E-state index in [1.807, 2.05) is 34.1 Å². The van der Waals surface area contributed by atoms with E-state index in [1.165, 1.54) is 18.0 Å². The van der Waals surface area contributed by atoms with E-state index in [-0.39, 0.29) is 11.8 Å². The number of nitrogens with zero attached hydrogens (tertiary/aromatic N) is 4. The molecule has 26 heavy (non-hydrogen) atoms. The summed E-state index contributed by atoms with van der Waals surface area (Å²) >= 11 is 0. The van der Waals surface area contributed by atoms with E-state index in [1.54, 1.807) is 6.92 Å². The van der Waals surface area contributed by atoms with E-state index in [0.29, 0.717) is 37.7 Å². The first-order chi connectivity index (χ1) is 12.6. The molecule has 3 rings (SSSR count). The summed E-state index contributed by atoms with van der Waals surface area (Å²) in [6.07, 6.45) is 4.04. The van der Waals surface area contributed by atoms with Crippen molar-refractivity contribution in [2.75, 3.05) is 36.4 Å². The lowest BCUT2D eigenvalue weighted by atomic mass is 10.1. The summed E-state index contributed by atoms with van der Waals surface area (Å²) in [6, 6.07) is 7.77. The molecule has 1 N–H and O–H groups in total. The third-order valence-corrected chi connectivity index (χ3v) is 4.53. The van der Waals surface area contributed by atoms with Crippen LogP contribution in [-0.2, 0) is 11.2 Å². The van der Waals surface area contributed by atoms with Crippen molar-refractivity contribution in [3.63, 3.8) is 0 Å². The largest absolute Gasteiger partial charge is 0.339 e. The molecule has 7 nitrogen and oxygen atoms in total. The van der Waals surface area contributed by atoms with Gasteiger partial charge >= 0.3 is 0 Å². The van der Waals surface area contributed by atoms with E-state index >= 15 is 0 Å². The molecule has 0 saturated carbocycles. The van der Waals surface area contributed by atoms with Crippen LogP contribution in [0.3, 0.4) is 0 Å². The normalized spacial score (nSPS) is 14.2. The second-order valence-electron chi connectivity index (χ2n) is 6.27. The highest BCUT2D eigenvalue weighted by Gasteiger charge is 2.20. The zero-order valence-electron chi connectivity index (χ0n) is 15.1. The number of aromatic nitrogens is 2. The zero-order chi connectivity index (χ0) is 18.5. The second-order valence-corrected chi connectivity index (χ2v) is 6.27. The Bertz CT molecular complexity index is 766. The van der Waals surface area contributed by atoms with E-state index < -0.39 is 0 Å². The molecule has 1 aliphatic rings. The number of aryl methyl sites for hydroxylation is 1. The third-order valence-electron chi connectivity index (χ3n) is 4.53. The minimum absolute atomic E-state index is 0.0876. The van der Waals surface area contributed by atoms with Crippen LogP contribution in [0.25, 0.3) is 0 Å². The van der Waals surface area contributed by atoms with Gasteiger partial charge in [0.05, 0.1) is 5.56 Å². The summed E-state index contributed by atoms with van der Waals surface area (Å²) in [4.78, 5) is 36.2. The first-order valence-corrected chi connectivity index (χ1v) is 8.79. The van der Waals surface area contributed by atoms with Gasteiger partial charge in [0, 0.05) is 51.2 Å². The maximum absolute atomic E-state index is 12.3. The van der Waals surface area contributed by atoms with Crippen LogP contribution in [0.15, 0.2) is 36.7 Å². The Hall–Kier alpha value is -2.96. The highest BCUT2D eigenvalue weighted by atomic mass is 16.2. The number of rotatable bonds is 4. The Balaban J connectivity index is 1.60. The standard InChI is InChI=1S/C19H23N5O2/c1-3-15-4-6-17(7-5-15)22-18(26)16-12-20-19(21-13-16)24-10-8-23(9-11-24)14(2)25/h4-7,12-13H,3,8-11H2,1-2H3,(H,22,26). The van der Waals surface area contributed by atoms with Crippen molar-refractivity contribution in [2.24, 2.45) is 0 Å². The molecular formula is C19H23N5O2. The summed E-state index contributed by atoms with van der Waals surface area (Å²) < 4.78 is 0. The van der Waals surface area contributed by atoms with Crippen LogP contribution in [0, 0.1) is 0 Å². The van der Waals surface area contributed by atoms with Gasteiger partial charge in [-0.3, -0.25) is 9.59 Å². The average Bonchev–Trinajstić information content (AvgIpc) is 2.69. The van der Waals surface area contributed by atoms with Crippen LogP contribution in [0.4, 0.5) is 11.6 Å². The molecule has 0 bridgehead atoms. The van der Waals surface area contributed by atoms with Gasteiger partial charge < -0.3 is 15.1 Å². The van der Waals surface area contributed by atoms with Crippen molar-refractivity contribution in [1.82, 2.24) is 14.9 Å². The average molecular weight is 353 g/mol. The lowest BCUT2D eigenvalue weighted by molar-refractivity contribution is -0.129. The highest BCUT2D eigenvalue weighted by Crippen LogP contribution is 2.14. The Labute approximate surface area is 153 Å². The molecular weight excluding hydrogens is 330 g/mol. The first kappa shape index (κ1) is 17.8. The topological polar surface area (TPSA) is 78.4 Å². The van der Waals surface area contributed by atoms with Gasteiger partial charge in [0.1, 0.15) is 0 Å². The second kappa shape index (κ2) is 7.95. The number of amides is 2. The molecule has 136 valence electrons. The lowest BCUT2D eigenvalue weighted by Crippen LogP contribution is -2.48. The summed E-state index contributed by atoms with van der Waals surface area (Å²) in [5, 5.41) is 2.85. The lowest BCUT2D eigenvalue weighted by Gasteiger charge is -2.34. The van der Waals surface area contributed by atoms with Crippen molar-refractivity contribution < 1.29 is 9.59 Å². The van der Waals surface area contributed by atoms with Gasteiger partial charge in [-0.1, -0.05) is 19.1 Å². The van der Waals surface area contributed by atoms with Gasteiger partial charge in [0.2, 0.25) is 11.9 Å². The predicted octanol–water partition coefficient (Wildman–Crippen LogP) is 1.96. The van der Waals surface area contributed by atoms with Gasteiger partial charge in [0.25, 0.3) is 5.91 Å². The molecule has 1 fully saturated rings. The quantitative estimate of drug-likeness (QED) is 0.909. The zero-order valence-corrected chi connectivity index (χ0v) is 15.1. The van der Waals surface area contributed by atoms with Crippen LogP contribution >= 0.6 is 0 Å². The molecule has 2 amide bonds. The van der Waals surface area contributed by atoms with Gasteiger partial charge in [-0.25, -0.2) is 9.97 Å². The minimum atomic E-state index is -0.234. The van der Waals surface area contributed by atoms with Crippen LogP contribution in [0.5, 0.6) is 0 Å². The number of hydrogen-bond acceptors (Lipinski definition) is 5. The molecule has 0 unspecified atom stereocenters. The molecule has 0 radical (unpaired) electrons. The van der Waals surface area contributed by atoms with Crippen LogP contribution < -0.4 is 10.2 Å². The van der Waals surface area contributed by atoms with Crippen molar-refractivity contribution >= 4 is 23.5 Å². The minimum Gasteiger partial charge on any atom is -0.339 e. The molecule has 1 aliphatic heterocycles. The smallest absolute Gasteiger partial charge is 0.258 e. The first-order valence-electron chi connectivity index (χ1n) is 8.79. The number of benzene rings is 1. The van der Waals surface area contributed by atoms with Gasteiger partial charge in [-0.15, -0.1) is 0 Å². The molecule has 0 aliphatic carbocycles. The fraction of sp³-hybridized carbons (Fsp3) is 0.368. The number of anilines is 2. The summed E-state index contributed by atoms with van der Waals surface area (Å²) in [6.45, 7) is 6.37. The maximum Gasteiger partial charge on any atom is 0.258 e. The van der Waals surface area contributed by atoms with E-state index in [2.05, 4.69) is 22.2 Å². The number of carbonyl (C=O) groups is 2. The predicted molar refractivity (Wildman–Crippen MR) is 100 cm³/mol. The van der Waals surface area contributed by atoms with E-state index in [9.17, 15) is 9.59 Å². The Morgan fingerprint density at radius 3 is 2.19 bits per heavy atom. The summed E-state index contributed by atoms with van der Waals surface area (Å²) in [5.41, 5.74) is 2.38. The van der Waals surface area contributed by atoms with Gasteiger partial charge in [0.15, 0.2) is 0 Å². The van der Waals surface area contributed by atoms with Crippen molar-refractivity contribution in [2.45, 2.75) is 20.3 Å². The third kappa shape index (κ3) is 4.17. The summed E-state index contributed by atoms with van der Waals surface area (Å²) in [5.74, 6) is 0.434. The van der Waals surface area contributed by atoms with E-state index in [0.717, 1.165) is 12.1 Å². The SMILES string of the molecule is CCc1ccc(NC(=O)c2cnc(N3CCN(C(C)=O)CC3)nc2)cc1. The van der Waals surface area contributed by atoms with Crippen molar-refractivity contribution in [3.8, 4) is 0 Å². The molecule has 1 aromatic carbocycles. The number of piperazine rings is 1. The molecule has 0 atom stereocenters. The number of hydrogen-bond donors (Lipinski definition) is 1. The van der Waals surface area contributed by atoms with Gasteiger partial charge in [-0.2, -0.15) is 0 Å². The molecule has 2 aromatic rings. The van der Waals surface area contributed by atoms with E-state index in [4.69, 9.17) is 0 Å². The Morgan fingerprint density at radius 2 is 1.65 bits per heavy atom. The summed E-state index contributed by atoms with van der Waals surface area (Å²) in [7, 11) is 0. The van der Waals surface area contributed by atoms with Crippen molar-refractivity contribution in [3.05, 3.63) is 47.8 Å².